The number of hydrogen-bond acceptors (Lipinski definition) is 6. The van der Waals surface area contributed by atoms with Crippen LogP contribution in [0.25, 0.3) is 22.0 Å². The first-order valence-corrected chi connectivity index (χ1v) is 16.3. The number of anilines is 2. The fourth-order valence-corrected chi connectivity index (χ4v) is 6.70. The molecule has 3 aromatic carbocycles. The van der Waals surface area contributed by atoms with Crippen molar-refractivity contribution in [2.45, 2.75) is 24.8 Å². The monoisotopic (exact) mass is 632 g/mol. The number of aromatic nitrogens is 2. The third-order valence-electron chi connectivity index (χ3n) is 7.82. The molecule has 0 radical (unpaired) electrons. The molecule has 0 fully saturated rings. The van der Waals surface area contributed by atoms with Gasteiger partial charge in [0.15, 0.2) is 9.84 Å². The number of hydrogen-bond donors (Lipinski definition) is 2. The molecule has 0 aliphatic carbocycles. The Balaban J connectivity index is 1.46. The number of carbonyl (C=O) groups excluding carboxylic acids is 1. The van der Waals surface area contributed by atoms with Gasteiger partial charge >= 0.3 is 6.09 Å². The fraction of sp³-hybridized carbons (Fsp3) is 0.212. The maximum Gasteiger partial charge on any atom is 0.407 e. The van der Waals surface area contributed by atoms with E-state index in [0.29, 0.717) is 38.8 Å². The van der Waals surface area contributed by atoms with Crippen molar-refractivity contribution in [3.8, 4) is 11.1 Å². The van der Waals surface area contributed by atoms with Crippen molar-refractivity contribution in [3.63, 3.8) is 0 Å². The lowest BCUT2D eigenvalue weighted by Crippen LogP contribution is -2.31. The minimum Gasteiger partial charge on any atom is -0.445 e. The van der Waals surface area contributed by atoms with Crippen molar-refractivity contribution >= 4 is 38.2 Å². The molecule has 6 rings (SSSR count). The minimum absolute atomic E-state index is 0.0686. The van der Waals surface area contributed by atoms with Crippen LogP contribution in [-0.4, -0.2) is 36.9 Å². The molecule has 2 aromatic heterocycles. The quantitative estimate of drug-likeness (QED) is 0.221. The summed E-state index contributed by atoms with van der Waals surface area (Å²) in [6.45, 7) is 0.202. The number of nitrogens with zero attached hydrogens (tertiary/aromatic N) is 2. The number of ether oxygens (including phenoxy) is 1. The Bertz CT molecular complexity index is 2090. The van der Waals surface area contributed by atoms with E-state index >= 15 is 4.39 Å². The second-order valence-electron chi connectivity index (χ2n) is 11.1. The molecule has 0 bridgehead atoms. The summed E-state index contributed by atoms with van der Waals surface area (Å²) >= 11 is 0. The number of fused-ring (bicyclic) bond motifs is 2. The van der Waals surface area contributed by atoms with E-state index in [1.807, 2.05) is 30.3 Å². The van der Waals surface area contributed by atoms with Crippen LogP contribution in [0.2, 0.25) is 0 Å². The first kappa shape index (κ1) is 30.1. The SMILES string of the molecule is Cn1cc2c3c(c[nH]c3c1=O)C(CCNC(=O)OCc1ccccc1)N(c1ccc(F)cc1F)c1ccc(CS(C)(=O)=O)cc1-2. The van der Waals surface area contributed by atoms with Crippen LogP contribution in [0.3, 0.4) is 0 Å². The smallest absolute Gasteiger partial charge is 0.407 e. The molecule has 9 nitrogen and oxygen atoms in total. The molecular weight excluding hydrogens is 602 g/mol. The molecule has 232 valence electrons. The number of H-pyrrole nitrogens is 1. The Morgan fingerprint density at radius 2 is 1.76 bits per heavy atom. The summed E-state index contributed by atoms with van der Waals surface area (Å²) in [7, 11) is -1.77. The van der Waals surface area contributed by atoms with Crippen LogP contribution in [-0.2, 0) is 34.0 Å². The zero-order valence-corrected chi connectivity index (χ0v) is 25.3. The predicted octanol–water partition coefficient (Wildman–Crippen LogP) is 5.87. The van der Waals surface area contributed by atoms with Crippen molar-refractivity contribution in [3.05, 3.63) is 118 Å². The molecule has 1 aliphatic heterocycles. The van der Waals surface area contributed by atoms with Crippen LogP contribution in [0.5, 0.6) is 0 Å². The molecular formula is C33H30F2N4O5S. The summed E-state index contributed by atoms with van der Waals surface area (Å²) in [6.07, 6.45) is 4.11. The average molecular weight is 633 g/mol. The lowest BCUT2D eigenvalue weighted by atomic mass is 9.98. The molecule has 1 aliphatic rings. The Hall–Kier alpha value is -4.97. The standard InChI is InChI=1S/C33H30F2N4O5S/c1-38-17-25-23-14-21(19-45(2,42)43)8-10-27(23)39(29-11-9-22(34)15-26(29)35)28(24-16-37-31(30(24)25)32(38)40)12-13-36-33(41)44-18-20-6-4-3-5-7-20/h3-11,14-17,28,37H,12-13,18-19H2,1-2H3,(H,36,41). The van der Waals surface area contributed by atoms with E-state index in [0.717, 1.165) is 24.0 Å². The maximum atomic E-state index is 15.6. The van der Waals surface area contributed by atoms with Crippen molar-refractivity contribution in [2.24, 2.45) is 7.05 Å². The minimum atomic E-state index is -3.39. The number of amides is 1. The predicted molar refractivity (Wildman–Crippen MR) is 168 cm³/mol. The Kier molecular flexibility index (Phi) is 7.92. The van der Waals surface area contributed by atoms with Gasteiger partial charge in [-0.05, 0) is 41.8 Å². The molecule has 45 heavy (non-hydrogen) atoms. The lowest BCUT2D eigenvalue weighted by molar-refractivity contribution is 0.139. The van der Waals surface area contributed by atoms with Crippen LogP contribution in [0.15, 0.2) is 83.9 Å². The van der Waals surface area contributed by atoms with E-state index in [9.17, 15) is 22.4 Å². The van der Waals surface area contributed by atoms with Gasteiger partial charge < -0.3 is 24.5 Å². The highest BCUT2D eigenvalue weighted by atomic mass is 32.2. The zero-order valence-electron chi connectivity index (χ0n) is 24.5. The first-order chi connectivity index (χ1) is 21.5. The highest BCUT2D eigenvalue weighted by Gasteiger charge is 2.34. The number of aromatic amines is 1. The first-order valence-electron chi connectivity index (χ1n) is 14.2. The second kappa shape index (κ2) is 11.8. The Labute approximate surface area is 258 Å². The molecule has 1 unspecified atom stereocenters. The van der Waals surface area contributed by atoms with E-state index in [4.69, 9.17) is 4.74 Å². The van der Waals surface area contributed by atoms with E-state index in [2.05, 4.69) is 10.3 Å². The second-order valence-corrected chi connectivity index (χ2v) is 13.3. The molecule has 0 spiro atoms. The molecule has 1 atom stereocenters. The Morgan fingerprint density at radius 3 is 2.49 bits per heavy atom. The van der Waals surface area contributed by atoms with Crippen molar-refractivity contribution < 1.29 is 26.7 Å². The lowest BCUT2D eigenvalue weighted by Gasteiger charge is -2.34. The third kappa shape index (κ3) is 6.05. The van der Waals surface area contributed by atoms with E-state index < -0.39 is 33.6 Å². The van der Waals surface area contributed by atoms with Crippen LogP contribution >= 0.6 is 0 Å². The third-order valence-corrected chi connectivity index (χ3v) is 8.67. The van der Waals surface area contributed by atoms with Crippen molar-refractivity contribution in [1.29, 1.82) is 0 Å². The fourth-order valence-electron chi connectivity index (χ4n) is 5.91. The number of benzene rings is 3. The number of nitrogens with one attached hydrogen (secondary N) is 2. The number of aryl methyl sites for hydroxylation is 1. The van der Waals surface area contributed by atoms with Gasteiger partial charge in [0.05, 0.1) is 17.5 Å². The van der Waals surface area contributed by atoms with E-state index in [-0.39, 0.29) is 36.6 Å². The molecule has 12 heteroatoms. The number of halogens is 2. The molecule has 5 aromatic rings. The number of rotatable bonds is 8. The van der Waals surface area contributed by atoms with Gasteiger partial charge in [0, 0.05) is 66.1 Å². The maximum absolute atomic E-state index is 15.6. The summed E-state index contributed by atoms with van der Waals surface area (Å²) < 4.78 is 60.9. The topological polar surface area (TPSA) is 114 Å². The number of alkyl carbamates (subject to hydrolysis) is 1. The normalized spacial score (nSPS) is 14.2. The van der Waals surface area contributed by atoms with Gasteiger partial charge in [-0.2, -0.15) is 0 Å². The summed E-state index contributed by atoms with van der Waals surface area (Å²) in [5, 5.41) is 3.35. The highest BCUT2D eigenvalue weighted by molar-refractivity contribution is 7.89. The number of carbonyl (C=O) groups is 1. The van der Waals surface area contributed by atoms with E-state index in [1.54, 1.807) is 42.5 Å². The van der Waals surface area contributed by atoms with Crippen LogP contribution in [0.1, 0.15) is 29.2 Å². The summed E-state index contributed by atoms with van der Waals surface area (Å²) in [5.41, 5.74) is 3.83. The molecule has 2 N–H and O–H groups in total. The van der Waals surface area contributed by atoms with Crippen LogP contribution in [0.4, 0.5) is 25.0 Å². The molecule has 3 heterocycles. The van der Waals surface area contributed by atoms with Gasteiger partial charge in [-0.1, -0.05) is 36.4 Å². The van der Waals surface area contributed by atoms with Gasteiger partial charge in [0.25, 0.3) is 5.56 Å². The van der Waals surface area contributed by atoms with Gasteiger partial charge in [0.1, 0.15) is 23.8 Å². The molecule has 0 saturated carbocycles. The summed E-state index contributed by atoms with van der Waals surface area (Å²) in [4.78, 5) is 30.6. The van der Waals surface area contributed by atoms with Crippen molar-refractivity contribution in [1.82, 2.24) is 14.9 Å². The van der Waals surface area contributed by atoms with Crippen LogP contribution in [0, 0.1) is 11.6 Å². The summed E-state index contributed by atoms with van der Waals surface area (Å²) in [6, 6.07) is 17.0. The Morgan fingerprint density at radius 1 is 1.00 bits per heavy atom. The number of pyridine rings is 1. The zero-order chi connectivity index (χ0) is 31.9. The number of sulfone groups is 1. The van der Waals surface area contributed by atoms with Gasteiger partial charge in [0.2, 0.25) is 0 Å². The largest absolute Gasteiger partial charge is 0.445 e. The van der Waals surface area contributed by atoms with Crippen molar-refractivity contribution in [2.75, 3.05) is 17.7 Å². The highest BCUT2D eigenvalue weighted by Crippen LogP contribution is 2.49. The van der Waals surface area contributed by atoms with Gasteiger partial charge in [-0.25, -0.2) is 22.0 Å². The molecule has 0 saturated heterocycles. The van der Waals surface area contributed by atoms with Gasteiger partial charge in [-0.15, -0.1) is 0 Å². The van der Waals surface area contributed by atoms with E-state index in [1.165, 1.54) is 10.6 Å². The molecule has 1 amide bonds. The summed E-state index contributed by atoms with van der Waals surface area (Å²) in [5.74, 6) is -1.78. The average Bonchev–Trinajstić information content (AvgIpc) is 3.39. The van der Waals surface area contributed by atoms with Crippen LogP contribution < -0.4 is 15.8 Å². The van der Waals surface area contributed by atoms with Gasteiger partial charge in [-0.3, -0.25) is 4.79 Å².